The summed E-state index contributed by atoms with van der Waals surface area (Å²) in [5.74, 6) is 0. The zero-order valence-electron chi connectivity index (χ0n) is 20.3. The summed E-state index contributed by atoms with van der Waals surface area (Å²) < 4.78 is 15.8. The molecule has 0 bridgehead atoms. The summed E-state index contributed by atoms with van der Waals surface area (Å²) in [5.41, 5.74) is 4.25. The van der Waals surface area contributed by atoms with E-state index in [0.29, 0.717) is 57.6 Å². The van der Waals surface area contributed by atoms with Crippen LogP contribution >= 0.6 is 0 Å². The molecule has 0 aromatic carbocycles. The number of aryl methyl sites for hydroxylation is 1. The molecule has 0 radical (unpaired) electrons. The third kappa shape index (κ3) is 4.03. The molecule has 1 aliphatic heterocycles. The number of furan rings is 1. The number of nitrogens with zero attached hydrogens (tertiary/aromatic N) is 5. The molecule has 5 heterocycles. The fourth-order valence-corrected chi connectivity index (χ4v) is 4.92. The van der Waals surface area contributed by atoms with Crippen molar-refractivity contribution in [2.24, 2.45) is 7.05 Å². The molecule has 2 N–H and O–H groups in total. The molecule has 0 aliphatic carbocycles. The van der Waals surface area contributed by atoms with Gasteiger partial charge >= 0.3 is 5.69 Å². The second kappa shape index (κ2) is 9.10. The highest BCUT2D eigenvalue weighted by Crippen LogP contribution is 2.37. The lowest BCUT2D eigenvalue weighted by Gasteiger charge is -2.34. The van der Waals surface area contributed by atoms with Crippen molar-refractivity contribution in [3.05, 3.63) is 46.9 Å². The van der Waals surface area contributed by atoms with Gasteiger partial charge in [0.15, 0.2) is 11.2 Å². The molecule has 1 saturated heterocycles. The zero-order valence-corrected chi connectivity index (χ0v) is 20.3. The Hall–Kier alpha value is -3.79. The van der Waals surface area contributed by atoms with Crippen LogP contribution in [0.15, 0.2) is 39.9 Å². The van der Waals surface area contributed by atoms with Gasteiger partial charge in [0.05, 0.1) is 24.1 Å². The average molecular weight is 476 g/mol. The van der Waals surface area contributed by atoms with Crippen molar-refractivity contribution in [3.8, 4) is 11.3 Å². The summed E-state index contributed by atoms with van der Waals surface area (Å²) in [7, 11) is 3.59. The summed E-state index contributed by atoms with van der Waals surface area (Å²) in [6, 6.07) is 3.53. The predicted octanol–water partition coefficient (Wildman–Crippen LogP) is 3.67. The van der Waals surface area contributed by atoms with E-state index in [9.17, 15) is 4.79 Å². The molecule has 4 aromatic rings. The largest absolute Gasteiger partial charge is 0.450 e. The van der Waals surface area contributed by atoms with Crippen LogP contribution in [-0.4, -0.2) is 49.8 Å². The first kappa shape index (κ1) is 23.0. The lowest BCUT2D eigenvalue weighted by Crippen LogP contribution is -2.37. The van der Waals surface area contributed by atoms with Crippen LogP contribution in [-0.2, 0) is 11.8 Å². The van der Waals surface area contributed by atoms with E-state index in [0.717, 1.165) is 6.42 Å². The van der Waals surface area contributed by atoms with E-state index in [1.54, 1.807) is 28.7 Å². The highest BCUT2D eigenvalue weighted by molar-refractivity contribution is 6.09. The van der Waals surface area contributed by atoms with Gasteiger partial charge in [0, 0.05) is 49.9 Å². The van der Waals surface area contributed by atoms with Gasteiger partial charge in [0.25, 0.3) is 0 Å². The molecule has 0 spiro atoms. The standard InChI is InChI=1S/C25H29N7O3/c1-5-18-9-17(8-14(2)34-18)32-23-22-20(7-6-19(29-22)15(10-26)11-27-3)35-24(23)21(30-25(32)33)16-12-28-31(4)13-16/h6-7,10-14,17-18,26-27H,5,8-9H2,1-4H3/b15-11+,26-10?. The number of hydrogen-bond donors (Lipinski definition) is 2. The van der Waals surface area contributed by atoms with E-state index >= 15 is 0 Å². The molecule has 1 fully saturated rings. The number of ether oxygens (including phenoxy) is 1. The van der Waals surface area contributed by atoms with Crippen molar-refractivity contribution < 1.29 is 9.15 Å². The van der Waals surface area contributed by atoms with E-state index in [4.69, 9.17) is 19.5 Å². The second-order valence-corrected chi connectivity index (χ2v) is 8.97. The highest BCUT2D eigenvalue weighted by atomic mass is 16.5. The van der Waals surface area contributed by atoms with Crippen LogP contribution in [0.3, 0.4) is 0 Å². The minimum atomic E-state index is -0.349. The Bertz CT molecular complexity index is 1500. The first-order valence-electron chi connectivity index (χ1n) is 11.8. The summed E-state index contributed by atoms with van der Waals surface area (Å²) >= 11 is 0. The molecule has 182 valence electrons. The van der Waals surface area contributed by atoms with Crippen LogP contribution in [0.4, 0.5) is 0 Å². The van der Waals surface area contributed by atoms with Crippen LogP contribution < -0.4 is 11.0 Å². The Kier molecular flexibility index (Phi) is 5.98. The van der Waals surface area contributed by atoms with Gasteiger partial charge in [-0.25, -0.2) is 9.78 Å². The molecule has 35 heavy (non-hydrogen) atoms. The molecule has 5 rings (SSSR count). The summed E-state index contributed by atoms with van der Waals surface area (Å²) in [6.07, 6.45) is 8.79. The van der Waals surface area contributed by atoms with Gasteiger partial charge in [-0.2, -0.15) is 10.1 Å². The third-order valence-electron chi connectivity index (χ3n) is 6.49. The monoisotopic (exact) mass is 475 g/mol. The fraction of sp³-hybridized carbons (Fsp3) is 0.400. The molecule has 4 aromatic heterocycles. The maximum absolute atomic E-state index is 13.6. The Morgan fingerprint density at radius 3 is 2.83 bits per heavy atom. The van der Waals surface area contributed by atoms with Gasteiger partial charge in [-0.3, -0.25) is 9.25 Å². The second-order valence-electron chi connectivity index (χ2n) is 8.97. The molecule has 3 atom stereocenters. The van der Waals surface area contributed by atoms with Crippen LogP contribution in [0.1, 0.15) is 44.8 Å². The van der Waals surface area contributed by atoms with Crippen molar-refractivity contribution in [3.63, 3.8) is 0 Å². The number of aromatic nitrogens is 5. The van der Waals surface area contributed by atoms with Crippen LogP contribution in [0.5, 0.6) is 0 Å². The minimum Gasteiger partial charge on any atom is -0.450 e. The topological polar surface area (TPSA) is 124 Å². The molecule has 3 unspecified atom stereocenters. The van der Waals surface area contributed by atoms with Crippen molar-refractivity contribution >= 4 is 34.0 Å². The Morgan fingerprint density at radius 1 is 1.31 bits per heavy atom. The van der Waals surface area contributed by atoms with Gasteiger partial charge in [0.1, 0.15) is 16.7 Å². The van der Waals surface area contributed by atoms with Crippen molar-refractivity contribution in [2.75, 3.05) is 7.05 Å². The molecule has 0 amide bonds. The summed E-state index contributed by atoms with van der Waals surface area (Å²) in [6.45, 7) is 4.13. The molecular weight excluding hydrogens is 446 g/mol. The number of fused-ring (bicyclic) bond motifs is 3. The maximum atomic E-state index is 13.6. The molecule has 10 heteroatoms. The maximum Gasteiger partial charge on any atom is 0.349 e. The Morgan fingerprint density at radius 2 is 2.14 bits per heavy atom. The van der Waals surface area contributed by atoms with E-state index < -0.39 is 0 Å². The first-order chi connectivity index (χ1) is 16.9. The lowest BCUT2D eigenvalue weighted by atomic mass is 9.97. The van der Waals surface area contributed by atoms with E-state index in [1.807, 2.05) is 32.3 Å². The number of allylic oxidation sites excluding steroid dienone is 1. The molecule has 10 nitrogen and oxygen atoms in total. The smallest absolute Gasteiger partial charge is 0.349 e. The van der Waals surface area contributed by atoms with Gasteiger partial charge < -0.3 is 19.9 Å². The normalized spacial score (nSPS) is 21.0. The van der Waals surface area contributed by atoms with E-state index in [2.05, 4.69) is 22.3 Å². The van der Waals surface area contributed by atoms with E-state index in [1.165, 1.54) is 6.21 Å². The Balaban J connectivity index is 1.83. The lowest BCUT2D eigenvalue weighted by molar-refractivity contribution is -0.0594. The van der Waals surface area contributed by atoms with Crippen LogP contribution in [0, 0.1) is 5.41 Å². The predicted molar refractivity (Wildman–Crippen MR) is 134 cm³/mol. The first-order valence-corrected chi connectivity index (χ1v) is 11.8. The SMILES string of the molecule is CCC1CC(n2c(=O)nc(-c3cnn(C)c3)c3oc4ccc(/C(C=N)=C/NC)nc4c32)CC(C)O1. The number of nitrogens with one attached hydrogen (secondary N) is 2. The molecule has 1 aliphatic rings. The quantitative estimate of drug-likeness (QED) is 0.408. The highest BCUT2D eigenvalue weighted by Gasteiger charge is 2.32. The van der Waals surface area contributed by atoms with Gasteiger partial charge in [0.2, 0.25) is 0 Å². The zero-order chi connectivity index (χ0) is 24.7. The van der Waals surface area contributed by atoms with E-state index in [-0.39, 0.29) is 23.9 Å². The Labute approximate surface area is 202 Å². The van der Waals surface area contributed by atoms with Crippen molar-refractivity contribution in [2.45, 2.75) is 51.4 Å². The summed E-state index contributed by atoms with van der Waals surface area (Å²) in [4.78, 5) is 22.9. The van der Waals surface area contributed by atoms with Gasteiger partial charge in [-0.15, -0.1) is 0 Å². The molecular formula is C25H29N7O3. The van der Waals surface area contributed by atoms with Crippen LogP contribution in [0.25, 0.3) is 39.0 Å². The number of hydrogen-bond acceptors (Lipinski definition) is 8. The fourth-order valence-electron chi connectivity index (χ4n) is 4.92. The third-order valence-corrected chi connectivity index (χ3v) is 6.49. The van der Waals surface area contributed by atoms with Crippen LogP contribution in [0.2, 0.25) is 0 Å². The van der Waals surface area contributed by atoms with Gasteiger partial charge in [-0.05, 0) is 38.3 Å². The van der Waals surface area contributed by atoms with Crippen molar-refractivity contribution in [1.29, 1.82) is 5.41 Å². The average Bonchev–Trinajstić information content (AvgIpc) is 3.45. The number of rotatable bonds is 6. The minimum absolute atomic E-state index is 0.0171. The summed E-state index contributed by atoms with van der Waals surface area (Å²) in [5, 5.41) is 15.0. The van der Waals surface area contributed by atoms with Crippen molar-refractivity contribution in [1.82, 2.24) is 29.6 Å². The van der Waals surface area contributed by atoms with Gasteiger partial charge in [-0.1, -0.05) is 6.92 Å². The molecule has 0 saturated carbocycles. The number of pyridine rings is 1.